The molecule has 0 saturated heterocycles. The van der Waals surface area contributed by atoms with Gasteiger partial charge in [0.1, 0.15) is 11.5 Å². The minimum atomic E-state index is -0.760. The van der Waals surface area contributed by atoms with Gasteiger partial charge >= 0.3 is 5.97 Å². The summed E-state index contributed by atoms with van der Waals surface area (Å²) in [5.41, 5.74) is -0.152. The van der Waals surface area contributed by atoms with Crippen molar-refractivity contribution in [2.75, 3.05) is 0 Å². The molecule has 3 aromatic rings. The van der Waals surface area contributed by atoms with Crippen LogP contribution in [0.1, 0.15) is 10.5 Å². The Kier molecular flexibility index (Phi) is 3.93. The number of nitrogens with zero attached hydrogens (tertiary/aromatic N) is 1. The standard InChI is InChI=1S/C16H10BrNO4/c17-22-16(20)14-15(19)13-7-6-12(8-10(13)9-18-14)21-11-4-2-1-3-5-11/h1-9,19H. The Morgan fingerprint density at radius 2 is 1.86 bits per heavy atom. The smallest absolute Gasteiger partial charge is 0.372 e. The molecule has 0 atom stereocenters. The lowest BCUT2D eigenvalue weighted by molar-refractivity contribution is 0.0773. The number of aromatic hydroxyl groups is 1. The van der Waals surface area contributed by atoms with Crippen molar-refractivity contribution < 1.29 is 18.5 Å². The molecule has 2 aromatic carbocycles. The molecule has 0 saturated carbocycles. The molecule has 1 heterocycles. The van der Waals surface area contributed by atoms with E-state index in [1.807, 2.05) is 30.3 Å². The number of ether oxygens (including phenoxy) is 1. The van der Waals surface area contributed by atoms with Crippen LogP contribution in [0.3, 0.4) is 0 Å². The summed E-state index contributed by atoms with van der Waals surface area (Å²) in [6.45, 7) is 0. The topological polar surface area (TPSA) is 68.7 Å². The number of carbonyl (C=O) groups excluding carboxylic acids is 1. The summed E-state index contributed by atoms with van der Waals surface area (Å²) in [4.78, 5) is 15.4. The molecule has 0 unspecified atom stereocenters. The average Bonchev–Trinajstić information content (AvgIpc) is 2.55. The molecule has 1 N–H and O–H groups in total. The van der Waals surface area contributed by atoms with Gasteiger partial charge in [-0.1, -0.05) is 18.2 Å². The van der Waals surface area contributed by atoms with Gasteiger partial charge in [0.2, 0.25) is 0 Å². The van der Waals surface area contributed by atoms with Gasteiger partial charge in [-0.2, -0.15) is 0 Å². The third-order valence-corrected chi connectivity index (χ3v) is 3.37. The highest BCUT2D eigenvalue weighted by atomic mass is 79.9. The zero-order chi connectivity index (χ0) is 15.5. The van der Waals surface area contributed by atoms with Gasteiger partial charge < -0.3 is 13.7 Å². The lowest BCUT2D eigenvalue weighted by atomic mass is 10.1. The fourth-order valence-electron chi connectivity index (χ4n) is 2.06. The largest absolute Gasteiger partial charge is 0.505 e. The molecule has 5 nitrogen and oxygen atoms in total. The van der Waals surface area contributed by atoms with E-state index in [-0.39, 0.29) is 11.4 Å². The van der Waals surface area contributed by atoms with E-state index < -0.39 is 5.97 Å². The molecule has 0 bridgehead atoms. The van der Waals surface area contributed by atoms with Gasteiger partial charge in [0.15, 0.2) is 27.7 Å². The minimum absolute atomic E-state index is 0.152. The highest BCUT2D eigenvalue weighted by molar-refractivity contribution is 9.06. The Balaban J connectivity index is 1.99. The van der Waals surface area contributed by atoms with Gasteiger partial charge in [-0.05, 0) is 30.3 Å². The van der Waals surface area contributed by atoms with Gasteiger partial charge in [-0.25, -0.2) is 9.78 Å². The summed E-state index contributed by atoms with van der Waals surface area (Å²) in [5, 5.41) is 11.2. The molecule has 0 aliphatic rings. The maximum Gasteiger partial charge on any atom is 0.372 e. The third kappa shape index (κ3) is 2.73. The molecular weight excluding hydrogens is 350 g/mol. The summed E-state index contributed by atoms with van der Waals surface area (Å²) >= 11 is 2.58. The van der Waals surface area contributed by atoms with Crippen molar-refractivity contribution in [2.24, 2.45) is 0 Å². The maximum atomic E-state index is 11.5. The van der Waals surface area contributed by atoms with Crippen molar-refractivity contribution in [1.29, 1.82) is 0 Å². The number of carbonyl (C=O) groups is 1. The molecule has 6 heteroatoms. The highest BCUT2D eigenvalue weighted by Gasteiger charge is 2.17. The van der Waals surface area contributed by atoms with Gasteiger partial charge in [0.25, 0.3) is 0 Å². The van der Waals surface area contributed by atoms with Crippen LogP contribution in [0.15, 0.2) is 54.7 Å². The van der Waals surface area contributed by atoms with Crippen molar-refractivity contribution in [2.45, 2.75) is 0 Å². The highest BCUT2D eigenvalue weighted by Crippen LogP contribution is 2.31. The fourth-order valence-corrected chi connectivity index (χ4v) is 2.21. The first-order chi connectivity index (χ1) is 10.7. The molecule has 0 fully saturated rings. The zero-order valence-corrected chi connectivity index (χ0v) is 12.8. The van der Waals surface area contributed by atoms with E-state index in [0.717, 1.165) is 0 Å². The molecule has 0 aliphatic carbocycles. The van der Waals surface area contributed by atoms with Crippen LogP contribution in [-0.2, 0) is 3.83 Å². The first-order valence-electron chi connectivity index (χ1n) is 6.36. The molecule has 0 radical (unpaired) electrons. The predicted octanol–water partition coefficient (Wildman–Crippen LogP) is 4.20. The number of fused-ring (bicyclic) bond motifs is 1. The van der Waals surface area contributed by atoms with Crippen LogP contribution in [0.2, 0.25) is 0 Å². The zero-order valence-electron chi connectivity index (χ0n) is 11.2. The number of para-hydroxylation sites is 1. The van der Waals surface area contributed by atoms with Gasteiger partial charge in [0.05, 0.1) is 0 Å². The summed E-state index contributed by atoms with van der Waals surface area (Å²) in [5.74, 6) is 0.325. The Morgan fingerprint density at radius 3 is 2.59 bits per heavy atom. The number of hydrogen-bond acceptors (Lipinski definition) is 5. The number of pyridine rings is 1. The van der Waals surface area contributed by atoms with Crippen LogP contribution in [0.25, 0.3) is 10.8 Å². The number of hydrogen-bond donors (Lipinski definition) is 1. The van der Waals surface area contributed by atoms with E-state index in [4.69, 9.17) is 4.74 Å². The van der Waals surface area contributed by atoms with Gasteiger partial charge in [-0.15, -0.1) is 0 Å². The molecule has 3 rings (SSSR count). The van der Waals surface area contributed by atoms with Crippen molar-refractivity contribution in [3.8, 4) is 17.2 Å². The Hall–Kier alpha value is -2.60. The van der Waals surface area contributed by atoms with Crippen LogP contribution < -0.4 is 4.74 Å². The van der Waals surface area contributed by atoms with Crippen LogP contribution in [0, 0.1) is 0 Å². The van der Waals surface area contributed by atoms with E-state index in [2.05, 4.69) is 25.1 Å². The Bertz CT molecular complexity index is 836. The molecule has 0 aliphatic heterocycles. The van der Waals surface area contributed by atoms with Gasteiger partial charge in [0, 0.05) is 17.0 Å². The van der Waals surface area contributed by atoms with Crippen molar-refractivity contribution in [3.63, 3.8) is 0 Å². The first-order valence-corrected chi connectivity index (χ1v) is 7.01. The van der Waals surface area contributed by atoms with E-state index in [0.29, 0.717) is 22.3 Å². The number of halogens is 1. The van der Waals surface area contributed by atoms with E-state index in [1.54, 1.807) is 18.2 Å². The second-order valence-electron chi connectivity index (χ2n) is 4.48. The predicted molar refractivity (Wildman–Crippen MR) is 84.3 cm³/mol. The SMILES string of the molecule is O=C(OBr)c1ncc2cc(Oc3ccccc3)ccc2c1O. The molecule has 1 aromatic heterocycles. The molecular formula is C16H10BrNO4. The van der Waals surface area contributed by atoms with E-state index >= 15 is 0 Å². The number of rotatable bonds is 3. The van der Waals surface area contributed by atoms with Crippen molar-refractivity contribution in [3.05, 3.63) is 60.4 Å². The fraction of sp³-hybridized carbons (Fsp3) is 0. The first kappa shape index (κ1) is 14.3. The third-order valence-electron chi connectivity index (χ3n) is 3.08. The van der Waals surface area contributed by atoms with Crippen LogP contribution >= 0.6 is 16.3 Å². The van der Waals surface area contributed by atoms with Crippen LogP contribution in [-0.4, -0.2) is 16.1 Å². The summed E-state index contributed by atoms with van der Waals surface area (Å²) in [6, 6.07) is 14.4. The summed E-state index contributed by atoms with van der Waals surface area (Å²) in [7, 11) is 0. The van der Waals surface area contributed by atoms with Crippen molar-refractivity contribution >= 4 is 33.0 Å². The molecule has 0 amide bonds. The molecule has 0 spiro atoms. The van der Waals surface area contributed by atoms with Crippen LogP contribution in [0.5, 0.6) is 17.2 Å². The Morgan fingerprint density at radius 1 is 1.09 bits per heavy atom. The summed E-state index contributed by atoms with van der Waals surface area (Å²) in [6.07, 6.45) is 1.48. The van der Waals surface area contributed by atoms with E-state index in [9.17, 15) is 9.90 Å². The minimum Gasteiger partial charge on any atom is -0.505 e. The second kappa shape index (κ2) is 6.03. The Labute approximate surface area is 134 Å². The number of benzene rings is 2. The van der Waals surface area contributed by atoms with E-state index in [1.165, 1.54) is 6.20 Å². The average molecular weight is 360 g/mol. The quantitative estimate of drug-likeness (QED) is 0.758. The normalized spacial score (nSPS) is 10.4. The maximum absolute atomic E-state index is 11.5. The monoisotopic (exact) mass is 359 g/mol. The second-order valence-corrected chi connectivity index (χ2v) is 4.81. The summed E-state index contributed by atoms with van der Waals surface area (Å²) < 4.78 is 10.1. The van der Waals surface area contributed by atoms with Gasteiger partial charge in [-0.3, -0.25) is 0 Å². The number of aromatic nitrogens is 1. The van der Waals surface area contributed by atoms with Crippen molar-refractivity contribution in [1.82, 2.24) is 4.98 Å². The lowest BCUT2D eigenvalue weighted by Crippen LogP contribution is -2.01. The van der Waals surface area contributed by atoms with Crippen LogP contribution in [0.4, 0.5) is 0 Å². The molecule has 110 valence electrons. The molecule has 22 heavy (non-hydrogen) atoms. The lowest BCUT2D eigenvalue weighted by Gasteiger charge is -2.08.